The monoisotopic (exact) mass is 284 g/mol. The minimum atomic E-state index is -0.479. The first-order valence-corrected chi connectivity index (χ1v) is 6.46. The lowest BCUT2D eigenvalue weighted by molar-refractivity contribution is 0.628. The number of pyridine rings is 1. The highest BCUT2D eigenvalue weighted by atomic mass is 19.1. The van der Waals surface area contributed by atoms with Crippen LogP contribution in [0, 0.1) is 5.82 Å². The zero-order valence-electron chi connectivity index (χ0n) is 11.3. The van der Waals surface area contributed by atoms with Crippen molar-refractivity contribution in [2.24, 2.45) is 5.73 Å². The molecule has 5 nitrogen and oxygen atoms in total. The van der Waals surface area contributed by atoms with E-state index >= 15 is 0 Å². The average molecular weight is 284 g/mol. The molecular formula is C15H13FN4O. The Morgan fingerprint density at radius 1 is 1.33 bits per heavy atom. The fraction of sp³-hybridized carbons (Fsp3) is 0.133. The summed E-state index contributed by atoms with van der Waals surface area (Å²) in [4.78, 5) is 21.1. The molecule has 2 aromatic heterocycles. The lowest BCUT2D eigenvalue weighted by atomic mass is 10.2. The second kappa shape index (κ2) is 5.06. The van der Waals surface area contributed by atoms with E-state index in [4.69, 9.17) is 5.73 Å². The molecule has 0 saturated heterocycles. The van der Waals surface area contributed by atoms with Gasteiger partial charge in [-0.2, -0.15) is 0 Å². The van der Waals surface area contributed by atoms with Gasteiger partial charge in [-0.1, -0.05) is 0 Å². The molecule has 106 valence electrons. The number of hydrogen-bond donors (Lipinski definition) is 1. The van der Waals surface area contributed by atoms with Crippen LogP contribution in [-0.4, -0.2) is 14.5 Å². The first-order chi connectivity index (χ1) is 10.1. The molecule has 2 N–H and O–H groups in total. The highest BCUT2D eigenvalue weighted by Gasteiger charge is 2.15. The maximum absolute atomic E-state index is 13.4. The highest BCUT2D eigenvalue weighted by molar-refractivity contribution is 5.78. The number of fused-ring (bicyclic) bond motifs is 1. The third-order valence-corrected chi connectivity index (χ3v) is 3.17. The van der Waals surface area contributed by atoms with E-state index in [0.717, 1.165) is 0 Å². The second-order valence-electron chi connectivity index (χ2n) is 4.77. The SMILES string of the molecule is C[C@H](N)c1nc2ccc(F)cc2c(=O)n1-c1cccnc1. The van der Waals surface area contributed by atoms with Crippen LogP contribution in [0.4, 0.5) is 4.39 Å². The Balaban J connectivity index is 2.43. The molecule has 3 rings (SSSR count). The molecule has 0 bridgehead atoms. The summed E-state index contributed by atoms with van der Waals surface area (Å²) in [6.45, 7) is 1.74. The van der Waals surface area contributed by atoms with Crippen molar-refractivity contribution in [3.63, 3.8) is 0 Å². The zero-order chi connectivity index (χ0) is 15.0. The predicted octanol–water partition coefficient (Wildman–Crippen LogP) is 1.94. The molecular weight excluding hydrogens is 271 g/mol. The number of halogens is 1. The Bertz CT molecular complexity index is 859. The smallest absolute Gasteiger partial charge is 0.266 e. The third-order valence-electron chi connectivity index (χ3n) is 3.17. The van der Waals surface area contributed by atoms with E-state index in [9.17, 15) is 9.18 Å². The van der Waals surface area contributed by atoms with Gasteiger partial charge in [-0.15, -0.1) is 0 Å². The summed E-state index contributed by atoms with van der Waals surface area (Å²) >= 11 is 0. The summed E-state index contributed by atoms with van der Waals surface area (Å²) in [5, 5.41) is 0.211. The molecule has 0 spiro atoms. The maximum Gasteiger partial charge on any atom is 0.266 e. The van der Waals surface area contributed by atoms with Crippen molar-refractivity contribution in [1.82, 2.24) is 14.5 Å². The van der Waals surface area contributed by atoms with Gasteiger partial charge in [0.2, 0.25) is 0 Å². The number of rotatable bonds is 2. The summed E-state index contributed by atoms with van der Waals surface area (Å²) in [6.07, 6.45) is 3.15. The van der Waals surface area contributed by atoms with Gasteiger partial charge in [-0.25, -0.2) is 9.37 Å². The van der Waals surface area contributed by atoms with Crippen LogP contribution in [0.2, 0.25) is 0 Å². The quantitative estimate of drug-likeness (QED) is 0.780. The Labute approximate surface area is 119 Å². The largest absolute Gasteiger partial charge is 0.322 e. The van der Waals surface area contributed by atoms with Crippen LogP contribution in [0.5, 0.6) is 0 Å². The van der Waals surface area contributed by atoms with Gasteiger partial charge in [0, 0.05) is 6.20 Å². The number of benzene rings is 1. The molecule has 0 aliphatic heterocycles. The number of hydrogen-bond acceptors (Lipinski definition) is 4. The van der Waals surface area contributed by atoms with Crippen LogP contribution in [0.15, 0.2) is 47.5 Å². The molecule has 0 radical (unpaired) electrons. The van der Waals surface area contributed by atoms with Crippen molar-refractivity contribution in [3.8, 4) is 5.69 Å². The van der Waals surface area contributed by atoms with E-state index < -0.39 is 11.9 Å². The molecule has 1 aromatic carbocycles. The fourth-order valence-corrected chi connectivity index (χ4v) is 2.22. The van der Waals surface area contributed by atoms with Crippen molar-refractivity contribution < 1.29 is 4.39 Å². The second-order valence-corrected chi connectivity index (χ2v) is 4.77. The van der Waals surface area contributed by atoms with Crippen molar-refractivity contribution in [3.05, 3.63) is 64.7 Å². The van der Waals surface area contributed by atoms with Crippen molar-refractivity contribution in [2.45, 2.75) is 13.0 Å². The molecule has 0 unspecified atom stereocenters. The number of nitrogens with two attached hydrogens (primary N) is 1. The normalized spacial score (nSPS) is 12.5. The van der Waals surface area contributed by atoms with Crippen LogP contribution < -0.4 is 11.3 Å². The Morgan fingerprint density at radius 2 is 2.14 bits per heavy atom. The van der Waals surface area contributed by atoms with Gasteiger partial charge in [-0.3, -0.25) is 14.3 Å². The number of nitrogens with zero attached hydrogens (tertiary/aromatic N) is 3. The van der Waals surface area contributed by atoms with E-state index in [2.05, 4.69) is 9.97 Å². The predicted molar refractivity (Wildman–Crippen MR) is 77.7 cm³/mol. The van der Waals surface area contributed by atoms with Gasteiger partial charge in [0.1, 0.15) is 11.6 Å². The van der Waals surface area contributed by atoms with Gasteiger partial charge in [0.15, 0.2) is 0 Å². The van der Waals surface area contributed by atoms with Crippen molar-refractivity contribution in [2.75, 3.05) is 0 Å². The molecule has 6 heteroatoms. The molecule has 3 aromatic rings. The van der Waals surface area contributed by atoms with E-state index in [1.54, 1.807) is 31.5 Å². The minimum Gasteiger partial charge on any atom is -0.322 e. The summed E-state index contributed by atoms with van der Waals surface area (Å²) in [5.74, 6) is -0.0696. The standard InChI is InChI=1S/C15H13FN4O/c1-9(17)14-19-13-5-4-10(16)7-12(13)15(21)20(14)11-3-2-6-18-8-11/h2-9H,17H2,1H3/t9-/m0/s1. The molecule has 1 atom stereocenters. The van der Waals surface area contributed by atoms with Crippen molar-refractivity contribution >= 4 is 10.9 Å². The molecule has 0 fully saturated rings. The Hall–Kier alpha value is -2.60. The lowest BCUT2D eigenvalue weighted by Gasteiger charge is -2.15. The molecule has 0 saturated carbocycles. The molecule has 0 aliphatic carbocycles. The Kier molecular flexibility index (Phi) is 3.23. The zero-order valence-corrected chi connectivity index (χ0v) is 11.3. The van der Waals surface area contributed by atoms with E-state index in [-0.39, 0.29) is 10.9 Å². The van der Waals surface area contributed by atoms with E-state index in [0.29, 0.717) is 17.0 Å². The van der Waals surface area contributed by atoms with Gasteiger partial charge in [0.25, 0.3) is 5.56 Å². The van der Waals surface area contributed by atoms with Gasteiger partial charge < -0.3 is 5.73 Å². The van der Waals surface area contributed by atoms with Crippen LogP contribution in [0.1, 0.15) is 18.8 Å². The van der Waals surface area contributed by atoms with E-state index in [1.807, 2.05) is 0 Å². The van der Waals surface area contributed by atoms with E-state index in [1.165, 1.54) is 22.8 Å². The average Bonchev–Trinajstić information content (AvgIpc) is 2.48. The minimum absolute atomic E-state index is 0.211. The molecule has 0 aliphatic rings. The van der Waals surface area contributed by atoms with Gasteiger partial charge in [-0.05, 0) is 37.3 Å². The summed E-state index contributed by atoms with van der Waals surface area (Å²) in [5.41, 5.74) is 6.54. The number of aromatic nitrogens is 3. The van der Waals surface area contributed by atoms with Crippen LogP contribution in [0.3, 0.4) is 0 Å². The first-order valence-electron chi connectivity index (χ1n) is 6.46. The highest BCUT2D eigenvalue weighted by Crippen LogP contribution is 2.16. The summed E-state index contributed by atoms with van der Waals surface area (Å²) in [7, 11) is 0. The summed E-state index contributed by atoms with van der Waals surface area (Å²) < 4.78 is 14.8. The van der Waals surface area contributed by atoms with Gasteiger partial charge in [0.05, 0.1) is 28.8 Å². The topological polar surface area (TPSA) is 73.8 Å². The molecule has 0 amide bonds. The first kappa shape index (κ1) is 13.4. The van der Waals surface area contributed by atoms with Crippen LogP contribution in [0.25, 0.3) is 16.6 Å². The van der Waals surface area contributed by atoms with Crippen LogP contribution >= 0.6 is 0 Å². The summed E-state index contributed by atoms with van der Waals surface area (Å²) in [6, 6.07) is 6.92. The van der Waals surface area contributed by atoms with Crippen LogP contribution in [-0.2, 0) is 0 Å². The third kappa shape index (κ3) is 2.30. The maximum atomic E-state index is 13.4. The lowest BCUT2D eigenvalue weighted by Crippen LogP contribution is -2.27. The van der Waals surface area contributed by atoms with Crippen molar-refractivity contribution in [1.29, 1.82) is 0 Å². The molecule has 2 heterocycles. The molecule has 21 heavy (non-hydrogen) atoms. The Morgan fingerprint density at radius 3 is 2.81 bits per heavy atom. The van der Waals surface area contributed by atoms with Gasteiger partial charge >= 0.3 is 0 Å². The fourth-order valence-electron chi connectivity index (χ4n) is 2.22.